The van der Waals surface area contributed by atoms with E-state index in [2.05, 4.69) is 96.0 Å². The molecule has 0 saturated carbocycles. The molecular weight excluding hydrogens is 492 g/mol. The normalized spacial score (nSPS) is 12.0. The maximum absolute atomic E-state index is 6.35. The Morgan fingerprint density at radius 2 is 1.18 bits per heavy atom. The summed E-state index contributed by atoms with van der Waals surface area (Å²) in [5, 5.41) is 6.47. The molecule has 0 saturated heterocycles. The van der Waals surface area contributed by atoms with Gasteiger partial charge in [-0.05, 0) is 59.7 Å². The molecule has 0 aliphatic rings. The Bertz CT molecular complexity index is 2450. The van der Waals surface area contributed by atoms with Crippen LogP contribution in [0.25, 0.3) is 88.1 Å². The van der Waals surface area contributed by atoms with E-state index < -0.39 is 0 Å². The van der Waals surface area contributed by atoms with Crippen molar-refractivity contribution < 1.29 is 8.83 Å². The first-order valence-electron chi connectivity index (χ1n) is 13.3. The van der Waals surface area contributed by atoms with Crippen LogP contribution < -0.4 is 0 Å². The number of furan rings is 2. The van der Waals surface area contributed by atoms with Gasteiger partial charge in [-0.1, -0.05) is 66.7 Å². The number of hydrogen-bond acceptors (Lipinski definition) is 4. The Labute approximate surface area is 228 Å². The maximum Gasteiger partial charge on any atom is 0.178 e. The zero-order valence-electron chi connectivity index (χ0n) is 21.3. The number of pyridine rings is 2. The van der Waals surface area contributed by atoms with E-state index in [0.717, 1.165) is 88.1 Å². The molecule has 4 heterocycles. The fourth-order valence-corrected chi connectivity index (χ4v) is 5.94. The van der Waals surface area contributed by atoms with Crippen molar-refractivity contribution in [2.24, 2.45) is 0 Å². The van der Waals surface area contributed by atoms with Crippen molar-refractivity contribution in [2.45, 2.75) is 0 Å². The van der Waals surface area contributed by atoms with Crippen LogP contribution in [0.3, 0.4) is 0 Å². The second-order valence-corrected chi connectivity index (χ2v) is 10.2. The third kappa shape index (κ3) is 3.07. The highest BCUT2D eigenvalue weighted by Crippen LogP contribution is 2.40. The van der Waals surface area contributed by atoms with Crippen LogP contribution in [0, 0.1) is 0 Å². The van der Waals surface area contributed by atoms with Gasteiger partial charge in [0, 0.05) is 44.1 Å². The predicted octanol–water partition coefficient (Wildman–Crippen LogP) is 9.92. The largest absolute Gasteiger partial charge is 0.452 e. The standard InChI is InChI=1S/C36H20N2O2/c1-2-9-31-26(8-1)27-14-15-28-29-20-24(13-17-32(29)40-36(28)35(27)39-31)23-5-3-6-25(19-23)30-16-12-22-11-10-21-7-4-18-37-33(21)34(22)38-30/h1-20H. The molecule has 0 amide bonds. The molecule has 4 nitrogen and oxygen atoms in total. The van der Waals surface area contributed by atoms with E-state index in [1.54, 1.807) is 0 Å². The summed E-state index contributed by atoms with van der Waals surface area (Å²) in [4.78, 5) is 9.66. The highest BCUT2D eigenvalue weighted by Gasteiger charge is 2.16. The first-order valence-corrected chi connectivity index (χ1v) is 13.3. The Hall–Kier alpha value is -5.48. The molecule has 0 fully saturated rings. The lowest BCUT2D eigenvalue weighted by atomic mass is 9.99. The van der Waals surface area contributed by atoms with E-state index in [9.17, 15) is 0 Å². The monoisotopic (exact) mass is 512 g/mol. The van der Waals surface area contributed by atoms with Gasteiger partial charge in [-0.2, -0.15) is 0 Å². The van der Waals surface area contributed by atoms with E-state index in [0.29, 0.717) is 0 Å². The quantitative estimate of drug-likeness (QED) is 0.216. The minimum atomic E-state index is 0.788. The van der Waals surface area contributed by atoms with Crippen LogP contribution in [0.2, 0.25) is 0 Å². The van der Waals surface area contributed by atoms with Gasteiger partial charge in [-0.15, -0.1) is 0 Å². The molecule has 0 radical (unpaired) electrons. The molecule has 4 aromatic heterocycles. The average molecular weight is 513 g/mol. The van der Waals surface area contributed by atoms with Crippen molar-refractivity contribution in [3.63, 3.8) is 0 Å². The molecule has 40 heavy (non-hydrogen) atoms. The zero-order chi connectivity index (χ0) is 26.2. The molecule has 5 aromatic carbocycles. The topological polar surface area (TPSA) is 52.1 Å². The molecule has 9 aromatic rings. The Morgan fingerprint density at radius 1 is 0.450 bits per heavy atom. The van der Waals surface area contributed by atoms with Gasteiger partial charge in [0.1, 0.15) is 11.2 Å². The Kier molecular flexibility index (Phi) is 4.30. The first kappa shape index (κ1) is 21.5. The van der Waals surface area contributed by atoms with Gasteiger partial charge < -0.3 is 8.83 Å². The van der Waals surface area contributed by atoms with Crippen molar-refractivity contribution in [1.82, 2.24) is 9.97 Å². The fourth-order valence-electron chi connectivity index (χ4n) is 5.94. The highest BCUT2D eigenvalue weighted by atomic mass is 16.4. The maximum atomic E-state index is 6.35. The molecule has 9 rings (SSSR count). The minimum absolute atomic E-state index is 0.788. The highest BCUT2D eigenvalue weighted by molar-refractivity contribution is 6.19. The summed E-state index contributed by atoms with van der Waals surface area (Å²) in [6.07, 6.45) is 1.83. The number of hydrogen-bond donors (Lipinski definition) is 0. The lowest BCUT2D eigenvalue weighted by molar-refractivity contribution is 0.633. The van der Waals surface area contributed by atoms with E-state index in [-0.39, 0.29) is 0 Å². The second kappa shape index (κ2) is 8.01. The van der Waals surface area contributed by atoms with Crippen molar-refractivity contribution >= 4 is 65.7 Å². The SMILES string of the molecule is c1cc(-c2ccc3oc4c(ccc5c6ccccc6oc54)c3c2)cc(-c2ccc3ccc4cccnc4c3n2)c1. The summed E-state index contributed by atoms with van der Waals surface area (Å²) < 4.78 is 12.6. The molecule has 0 N–H and O–H groups in total. The molecule has 0 unspecified atom stereocenters. The molecule has 186 valence electrons. The van der Waals surface area contributed by atoms with E-state index in [1.807, 2.05) is 30.5 Å². The summed E-state index contributed by atoms with van der Waals surface area (Å²) in [7, 11) is 0. The van der Waals surface area contributed by atoms with Crippen LogP contribution in [0.5, 0.6) is 0 Å². The number of nitrogens with zero attached hydrogens (tertiary/aromatic N) is 2. The smallest absolute Gasteiger partial charge is 0.178 e. The summed E-state index contributed by atoms with van der Waals surface area (Å²) in [5.41, 5.74) is 9.37. The van der Waals surface area contributed by atoms with Crippen molar-refractivity contribution in [3.8, 4) is 22.4 Å². The van der Waals surface area contributed by atoms with Crippen LogP contribution in [0.15, 0.2) is 130 Å². The average Bonchev–Trinajstić information content (AvgIpc) is 3.59. The molecule has 0 aliphatic heterocycles. The molecule has 0 bridgehead atoms. The second-order valence-electron chi connectivity index (χ2n) is 10.2. The summed E-state index contributed by atoms with van der Waals surface area (Å²) in [5.74, 6) is 0. The van der Waals surface area contributed by atoms with Gasteiger partial charge in [-0.25, -0.2) is 4.98 Å². The molecule has 4 heteroatoms. The van der Waals surface area contributed by atoms with Crippen LogP contribution in [-0.4, -0.2) is 9.97 Å². The summed E-state index contributed by atoms with van der Waals surface area (Å²) >= 11 is 0. The van der Waals surface area contributed by atoms with Gasteiger partial charge in [0.05, 0.1) is 16.7 Å². The number of benzene rings is 5. The number of fused-ring (bicyclic) bond motifs is 10. The molecule has 0 spiro atoms. The van der Waals surface area contributed by atoms with Gasteiger partial charge in [0.25, 0.3) is 0 Å². The number of aromatic nitrogens is 2. The first-order chi connectivity index (χ1) is 19.8. The predicted molar refractivity (Wildman–Crippen MR) is 162 cm³/mol. The fraction of sp³-hybridized carbons (Fsp3) is 0. The van der Waals surface area contributed by atoms with Crippen LogP contribution in [0.4, 0.5) is 0 Å². The Balaban J connectivity index is 1.18. The van der Waals surface area contributed by atoms with Crippen molar-refractivity contribution in [1.29, 1.82) is 0 Å². The van der Waals surface area contributed by atoms with Crippen molar-refractivity contribution in [2.75, 3.05) is 0 Å². The van der Waals surface area contributed by atoms with E-state index >= 15 is 0 Å². The minimum Gasteiger partial charge on any atom is -0.452 e. The van der Waals surface area contributed by atoms with Crippen LogP contribution in [0.1, 0.15) is 0 Å². The van der Waals surface area contributed by atoms with Crippen molar-refractivity contribution in [3.05, 3.63) is 121 Å². The van der Waals surface area contributed by atoms with Gasteiger partial charge >= 0.3 is 0 Å². The van der Waals surface area contributed by atoms with E-state index in [4.69, 9.17) is 13.8 Å². The third-order valence-electron chi connectivity index (χ3n) is 7.91. The summed E-state index contributed by atoms with van der Waals surface area (Å²) in [6.45, 7) is 0. The summed E-state index contributed by atoms with van der Waals surface area (Å²) in [6, 6.07) is 39.8. The van der Waals surface area contributed by atoms with Gasteiger partial charge in [0.15, 0.2) is 11.2 Å². The molecular formula is C36H20N2O2. The Morgan fingerprint density at radius 3 is 2.08 bits per heavy atom. The van der Waals surface area contributed by atoms with E-state index in [1.165, 1.54) is 0 Å². The molecule has 0 atom stereocenters. The van der Waals surface area contributed by atoms with Gasteiger partial charge in [-0.3, -0.25) is 4.98 Å². The number of para-hydroxylation sites is 1. The lowest BCUT2D eigenvalue weighted by Gasteiger charge is -2.08. The van der Waals surface area contributed by atoms with Crippen LogP contribution in [-0.2, 0) is 0 Å². The zero-order valence-corrected chi connectivity index (χ0v) is 21.3. The third-order valence-corrected chi connectivity index (χ3v) is 7.91. The van der Waals surface area contributed by atoms with Crippen LogP contribution >= 0.6 is 0 Å². The molecule has 0 aliphatic carbocycles. The number of rotatable bonds is 2. The lowest BCUT2D eigenvalue weighted by Crippen LogP contribution is -1.89. The van der Waals surface area contributed by atoms with Gasteiger partial charge in [0.2, 0.25) is 0 Å².